The first kappa shape index (κ1) is 16.6. The Morgan fingerprint density at radius 2 is 1.96 bits per heavy atom. The predicted octanol–water partition coefficient (Wildman–Crippen LogP) is 1.21. The highest BCUT2D eigenvalue weighted by Crippen LogP contribution is 2.29. The van der Waals surface area contributed by atoms with Gasteiger partial charge in [0.1, 0.15) is 6.04 Å². The lowest BCUT2D eigenvalue weighted by Gasteiger charge is -2.06. The highest BCUT2D eigenvalue weighted by atomic mass is 16.4. The van der Waals surface area contributed by atoms with E-state index in [-0.39, 0.29) is 12.8 Å². The van der Waals surface area contributed by atoms with Crippen molar-refractivity contribution in [1.29, 1.82) is 0 Å². The van der Waals surface area contributed by atoms with E-state index in [1.54, 1.807) is 18.3 Å². The van der Waals surface area contributed by atoms with E-state index in [1.807, 2.05) is 18.2 Å². The second-order valence-electron chi connectivity index (χ2n) is 5.67. The molecule has 0 spiro atoms. The minimum atomic E-state index is -1.05. The molecule has 0 fully saturated rings. The Balaban J connectivity index is 1.96. The summed E-state index contributed by atoms with van der Waals surface area (Å²) < 4.78 is 0. The van der Waals surface area contributed by atoms with Crippen LogP contribution in [0.5, 0.6) is 0 Å². The molecule has 0 aliphatic carbocycles. The van der Waals surface area contributed by atoms with E-state index in [0.29, 0.717) is 11.4 Å². The van der Waals surface area contributed by atoms with Crippen molar-refractivity contribution < 1.29 is 19.8 Å². The summed E-state index contributed by atoms with van der Waals surface area (Å²) >= 11 is 0. The normalized spacial score (nSPS) is 12.2. The summed E-state index contributed by atoms with van der Waals surface area (Å²) in [5.41, 5.74) is 8.99. The smallest absolute Gasteiger partial charge is 0.320 e. The summed E-state index contributed by atoms with van der Waals surface area (Å²) in [5.74, 6) is -2.02. The first-order valence-corrected chi connectivity index (χ1v) is 7.58. The fourth-order valence-electron chi connectivity index (χ4n) is 2.67. The third kappa shape index (κ3) is 3.48. The number of fused-ring (bicyclic) bond motifs is 1. The van der Waals surface area contributed by atoms with Crippen LogP contribution in [0.15, 0.2) is 36.5 Å². The van der Waals surface area contributed by atoms with E-state index in [0.717, 1.165) is 22.0 Å². The number of nitrogens with two attached hydrogens (primary N) is 1. The van der Waals surface area contributed by atoms with E-state index in [9.17, 15) is 9.59 Å². The quantitative estimate of drug-likeness (QED) is 0.528. The van der Waals surface area contributed by atoms with Crippen LogP contribution in [-0.2, 0) is 22.4 Å². The molecule has 1 aromatic carbocycles. The molecule has 0 saturated carbocycles. The van der Waals surface area contributed by atoms with Gasteiger partial charge in [0.25, 0.3) is 0 Å². The number of para-hydroxylation sites is 1. The number of rotatable bonds is 6. The van der Waals surface area contributed by atoms with Crippen LogP contribution in [0.25, 0.3) is 22.2 Å². The molecule has 0 radical (unpaired) electrons. The molecule has 8 nitrogen and oxygen atoms in total. The third-order valence-corrected chi connectivity index (χ3v) is 3.89. The average molecular weight is 340 g/mol. The van der Waals surface area contributed by atoms with E-state index < -0.39 is 18.0 Å². The van der Waals surface area contributed by atoms with E-state index in [2.05, 4.69) is 15.2 Å². The zero-order valence-corrected chi connectivity index (χ0v) is 13.1. The van der Waals surface area contributed by atoms with Crippen molar-refractivity contribution in [2.75, 3.05) is 0 Å². The van der Waals surface area contributed by atoms with Crippen molar-refractivity contribution in [2.24, 2.45) is 5.73 Å². The maximum Gasteiger partial charge on any atom is 0.320 e. The van der Waals surface area contributed by atoms with Crippen molar-refractivity contribution >= 4 is 22.8 Å². The SMILES string of the molecule is N[C@@H](Cc1c[nH]c2c(-c3ccc(CC(=O)O)nn3)cccc12)C(=O)O. The zero-order chi connectivity index (χ0) is 18.0. The van der Waals surface area contributed by atoms with Gasteiger partial charge in [-0.25, -0.2) is 0 Å². The number of carboxylic acids is 2. The maximum absolute atomic E-state index is 11.0. The number of aromatic nitrogens is 3. The van der Waals surface area contributed by atoms with Crippen molar-refractivity contribution in [3.05, 3.63) is 47.8 Å². The van der Waals surface area contributed by atoms with Gasteiger partial charge in [-0.3, -0.25) is 9.59 Å². The van der Waals surface area contributed by atoms with Gasteiger partial charge in [0.05, 0.1) is 23.3 Å². The summed E-state index contributed by atoms with van der Waals surface area (Å²) in [6.07, 6.45) is 1.77. The second-order valence-corrected chi connectivity index (χ2v) is 5.67. The highest BCUT2D eigenvalue weighted by molar-refractivity contribution is 5.95. The third-order valence-electron chi connectivity index (χ3n) is 3.89. The minimum Gasteiger partial charge on any atom is -0.481 e. The molecule has 1 atom stereocenters. The fourth-order valence-corrected chi connectivity index (χ4v) is 2.67. The van der Waals surface area contributed by atoms with Crippen LogP contribution in [0, 0.1) is 0 Å². The Morgan fingerprint density at radius 1 is 1.16 bits per heavy atom. The summed E-state index contributed by atoms with van der Waals surface area (Å²) in [5, 5.41) is 26.7. The van der Waals surface area contributed by atoms with E-state index in [4.69, 9.17) is 15.9 Å². The lowest BCUT2D eigenvalue weighted by atomic mass is 10.0. The number of benzene rings is 1. The van der Waals surface area contributed by atoms with Crippen LogP contribution in [0.3, 0.4) is 0 Å². The lowest BCUT2D eigenvalue weighted by molar-refractivity contribution is -0.138. The number of carbonyl (C=O) groups is 2. The molecule has 128 valence electrons. The Labute approximate surface area is 142 Å². The molecular formula is C17H16N4O4. The number of hydrogen-bond donors (Lipinski definition) is 4. The number of aliphatic carboxylic acids is 2. The number of aromatic amines is 1. The summed E-state index contributed by atoms with van der Waals surface area (Å²) in [4.78, 5) is 24.8. The van der Waals surface area contributed by atoms with Gasteiger partial charge in [-0.15, -0.1) is 0 Å². The summed E-state index contributed by atoms with van der Waals surface area (Å²) in [6.45, 7) is 0. The topological polar surface area (TPSA) is 142 Å². The van der Waals surface area contributed by atoms with Crippen molar-refractivity contribution in [3.8, 4) is 11.3 Å². The number of hydrogen-bond acceptors (Lipinski definition) is 5. The molecule has 2 heterocycles. The largest absolute Gasteiger partial charge is 0.481 e. The molecular weight excluding hydrogens is 324 g/mol. The van der Waals surface area contributed by atoms with Gasteiger partial charge >= 0.3 is 11.9 Å². The molecule has 0 unspecified atom stereocenters. The van der Waals surface area contributed by atoms with Crippen molar-refractivity contribution in [1.82, 2.24) is 15.2 Å². The Kier molecular flexibility index (Phi) is 4.44. The molecule has 3 aromatic rings. The van der Waals surface area contributed by atoms with E-state index >= 15 is 0 Å². The van der Waals surface area contributed by atoms with Crippen LogP contribution in [0.4, 0.5) is 0 Å². The van der Waals surface area contributed by atoms with Crippen LogP contribution in [-0.4, -0.2) is 43.4 Å². The molecule has 0 saturated heterocycles. The molecule has 0 amide bonds. The lowest BCUT2D eigenvalue weighted by Crippen LogP contribution is -2.32. The van der Waals surface area contributed by atoms with Gasteiger partial charge in [0.2, 0.25) is 0 Å². The van der Waals surface area contributed by atoms with Crippen molar-refractivity contribution in [2.45, 2.75) is 18.9 Å². The number of nitrogens with zero attached hydrogens (tertiary/aromatic N) is 2. The number of nitrogens with one attached hydrogen (secondary N) is 1. The maximum atomic E-state index is 11.0. The van der Waals surface area contributed by atoms with Gasteiger partial charge in [0.15, 0.2) is 0 Å². The number of carboxylic acid groups (broad SMARTS) is 2. The zero-order valence-electron chi connectivity index (χ0n) is 13.1. The standard InChI is InChI=1S/C17H16N4O4/c18-13(17(24)25)6-9-8-19-16-11(9)2-1-3-12(16)14-5-4-10(20-21-14)7-15(22)23/h1-5,8,13,19H,6-7,18H2,(H,22,23)(H,24,25)/t13-/m0/s1. The van der Waals surface area contributed by atoms with Gasteiger partial charge in [0, 0.05) is 23.6 Å². The van der Waals surface area contributed by atoms with Gasteiger partial charge < -0.3 is 20.9 Å². The fraction of sp³-hybridized carbons (Fsp3) is 0.176. The Bertz CT molecular complexity index is 933. The predicted molar refractivity (Wildman–Crippen MR) is 90.0 cm³/mol. The first-order valence-electron chi connectivity index (χ1n) is 7.58. The van der Waals surface area contributed by atoms with Crippen LogP contribution in [0.1, 0.15) is 11.3 Å². The van der Waals surface area contributed by atoms with Crippen LogP contribution >= 0.6 is 0 Å². The van der Waals surface area contributed by atoms with Crippen LogP contribution in [0.2, 0.25) is 0 Å². The molecule has 0 aliphatic rings. The van der Waals surface area contributed by atoms with Crippen LogP contribution < -0.4 is 5.73 Å². The Hall–Kier alpha value is -3.26. The molecule has 3 rings (SSSR count). The molecule has 0 bridgehead atoms. The monoisotopic (exact) mass is 340 g/mol. The summed E-state index contributed by atoms with van der Waals surface area (Å²) in [6, 6.07) is 7.95. The van der Waals surface area contributed by atoms with E-state index in [1.165, 1.54) is 0 Å². The van der Waals surface area contributed by atoms with Crippen molar-refractivity contribution in [3.63, 3.8) is 0 Å². The minimum absolute atomic E-state index is 0.183. The summed E-state index contributed by atoms with van der Waals surface area (Å²) in [7, 11) is 0. The average Bonchev–Trinajstić information content (AvgIpc) is 2.98. The molecule has 25 heavy (non-hydrogen) atoms. The molecule has 5 N–H and O–H groups in total. The first-order chi connectivity index (χ1) is 12.0. The van der Waals surface area contributed by atoms with Gasteiger partial charge in [-0.05, 0) is 17.7 Å². The van der Waals surface area contributed by atoms with Gasteiger partial charge in [-0.1, -0.05) is 18.2 Å². The molecule has 2 aromatic heterocycles. The highest BCUT2D eigenvalue weighted by Gasteiger charge is 2.16. The van der Waals surface area contributed by atoms with Gasteiger partial charge in [-0.2, -0.15) is 10.2 Å². The molecule has 0 aliphatic heterocycles. The number of H-pyrrole nitrogens is 1. The molecule has 8 heteroatoms. The Morgan fingerprint density at radius 3 is 2.60 bits per heavy atom. The second kappa shape index (κ2) is 6.70.